The van der Waals surface area contributed by atoms with Crippen LogP contribution < -0.4 is 4.90 Å². The molecular formula is C16H20N2O2S2. The van der Waals surface area contributed by atoms with E-state index in [1.165, 1.54) is 11.1 Å². The SMILES string of the molecule is C=CCN1C(=S)N(c2ccc(C)c(C)c2)[C@@H]2CS(=O)(=O)C[C@H]21. The zero-order valence-corrected chi connectivity index (χ0v) is 14.5. The highest BCUT2D eigenvalue weighted by Crippen LogP contribution is 2.35. The minimum Gasteiger partial charge on any atom is -0.339 e. The molecule has 0 radical (unpaired) electrons. The second-order valence-corrected chi connectivity index (χ2v) is 8.59. The van der Waals surface area contributed by atoms with Gasteiger partial charge in [-0.05, 0) is 49.3 Å². The van der Waals surface area contributed by atoms with Crippen LogP contribution in [0.3, 0.4) is 0 Å². The summed E-state index contributed by atoms with van der Waals surface area (Å²) in [5.74, 6) is 0.339. The van der Waals surface area contributed by atoms with Gasteiger partial charge in [-0.25, -0.2) is 8.42 Å². The minimum absolute atomic E-state index is 0.0721. The quantitative estimate of drug-likeness (QED) is 0.624. The zero-order valence-electron chi connectivity index (χ0n) is 12.8. The summed E-state index contributed by atoms with van der Waals surface area (Å²) in [6.45, 7) is 8.47. The van der Waals surface area contributed by atoms with Crippen LogP contribution in [0.1, 0.15) is 11.1 Å². The monoisotopic (exact) mass is 336 g/mol. The number of anilines is 1. The summed E-state index contributed by atoms with van der Waals surface area (Å²) in [4.78, 5) is 4.01. The molecule has 0 bridgehead atoms. The molecule has 1 aromatic carbocycles. The second-order valence-electron chi connectivity index (χ2n) is 6.07. The van der Waals surface area contributed by atoms with Crippen molar-refractivity contribution in [2.75, 3.05) is 23.0 Å². The van der Waals surface area contributed by atoms with Crippen LogP contribution in [0.25, 0.3) is 0 Å². The van der Waals surface area contributed by atoms with Crippen molar-refractivity contribution in [1.82, 2.24) is 4.90 Å². The molecule has 0 amide bonds. The van der Waals surface area contributed by atoms with Crippen LogP contribution in [0.2, 0.25) is 0 Å². The number of thiocarbonyl (C=S) groups is 1. The van der Waals surface area contributed by atoms with Gasteiger partial charge in [0.25, 0.3) is 0 Å². The summed E-state index contributed by atoms with van der Waals surface area (Å²) in [7, 11) is -3.02. The average molecular weight is 336 g/mol. The first-order valence-corrected chi connectivity index (χ1v) is 9.55. The maximum absolute atomic E-state index is 12.1. The largest absolute Gasteiger partial charge is 0.339 e. The summed E-state index contributed by atoms with van der Waals surface area (Å²) in [6.07, 6.45) is 1.78. The molecule has 4 nitrogen and oxygen atoms in total. The predicted molar refractivity (Wildman–Crippen MR) is 94.1 cm³/mol. The minimum atomic E-state index is -3.02. The van der Waals surface area contributed by atoms with Crippen molar-refractivity contribution < 1.29 is 8.42 Å². The van der Waals surface area contributed by atoms with E-state index in [1.54, 1.807) is 6.08 Å². The summed E-state index contributed by atoms with van der Waals surface area (Å²) in [6, 6.07) is 5.99. The van der Waals surface area contributed by atoms with Crippen LogP contribution in [0, 0.1) is 13.8 Å². The highest BCUT2D eigenvalue weighted by atomic mass is 32.2. The lowest BCUT2D eigenvalue weighted by Gasteiger charge is -2.25. The first-order chi connectivity index (χ1) is 10.3. The Balaban J connectivity index is 2.04. The van der Waals surface area contributed by atoms with Gasteiger partial charge in [-0.15, -0.1) is 6.58 Å². The Hall–Kier alpha value is -1.40. The Labute approximate surface area is 137 Å². The van der Waals surface area contributed by atoms with Gasteiger partial charge < -0.3 is 9.80 Å². The smallest absolute Gasteiger partial charge is 0.177 e. The van der Waals surface area contributed by atoms with Crippen molar-refractivity contribution >= 4 is 32.9 Å². The third-order valence-corrected chi connectivity index (χ3v) is 6.70. The fourth-order valence-corrected chi connectivity index (χ4v) is 5.71. The summed E-state index contributed by atoms with van der Waals surface area (Å²) < 4.78 is 24.2. The molecule has 2 fully saturated rings. The van der Waals surface area contributed by atoms with Crippen LogP contribution in [-0.4, -0.2) is 48.6 Å². The summed E-state index contributed by atoms with van der Waals surface area (Å²) in [5, 5.41) is 0.702. The third-order valence-electron chi connectivity index (χ3n) is 4.57. The molecule has 0 spiro atoms. The molecule has 2 heterocycles. The van der Waals surface area contributed by atoms with Crippen molar-refractivity contribution in [2.24, 2.45) is 0 Å². The summed E-state index contributed by atoms with van der Waals surface area (Å²) in [5.41, 5.74) is 3.37. The van der Waals surface area contributed by atoms with Crippen molar-refractivity contribution in [3.05, 3.63) is 42.0 Å². The molecule has 6 heteroatoms. The molecule has 0 unspecified atom stereocenters. The predicted octanol–water partition coefficient (Wildman–Crippen LogP) is 2.06. The van der Waals surface area contributed by atoms with E-state index >= 15 is 0 Å². The van der Waals surface area contributed by atoms with Gasteiger partial charge in [0.1, 0.15) is 0 Å². The molecule has 0 N–H and O–H groups in total. The number of hydrogen-bond donors (Lipinski definition) is 0. The maximum Gasteiger partial charge on any atom is 0.177 e. The Kier molecular flexibility index (Phi) is 3.77. The van der Waals surface area contributed by atoms with Gasteiger partial charge >= 0.3 is 0 Å². The molecule has 1 aromatic rings. The summed E-state index contributed by atoms with van der Waals surface area (Å²) >= 11 is 5.62. The molecule has 3 rings (SSSR count). The number of nitrogens with zero attached hydrogens (tertiary/aromatic N) is 2. The molecule has 0 aromatic heterocycles. The lowest BCUT2D eigenvalue weighted by atomic mass is 10.1. The van der Waals surface area contributed by atoms with Crippen molar-refractivity contribution in [1.29, 1.82) is 0 Å². The van der Waals surface area contributed by atoms with E-state index < -0.39 is 9.84 Å². The molecule has 2 saturated heterocycles. The van der Waals surface area contributed by atoms with Gasteiger partial charge in [0.15, 0.2) is 14.9 Å². The second kappa shape index (κ2) is 5.35. The third kappa shape index (κ3) is 2.44. The van der Waals surface area contributed by atoms with E-state index in [4.69, 9.17) is 12.2 Å². The molecule has 22 heavy (non-hydrogen) atoms. The Morgan fingerprint density at radius 3 is 2.59 bits per heavy atom. The van der Waals surface area contributed by atoms with Gasteiger partial charge in [-0.2, -0.15) is 0 Å². The molecule has 2 aliphatic heterocycles. The normalized spacial score (nSPS) is 26.4. The molecule has 2 aliphatic rings. The molecule has 0 saturated carbocycles. The highest BCUT2D eigenvalue weighted by molar-refractivity contribution is 7.91. The number of fused-ring (bicyclic) bond motifs is 1. The van der Waals surface area contributed by atoms with Gasteiger partial charge in [0.05, 0.1) is 23.6 Å². The van der Waals surface area contributed by atoms with Crippen LogP contribution >= 0.6 is 12.2 Å². The number of hydrogen-bond acceptors (Lipinski definition) is 3. The van der Waals surface area contributed by atoms with Gasteiger partial charge in [-0.1, -0.05) is 12.1 Å². The van der Waals surface area contributed by atoms with Crippen LogP contribution in [0.5, 0.6) is 0 Å². The van der Waals surface area contributed by atoms with Gasteiger partial charge in [0.2, 0.25) is 0 Å². The van der Waals surface area contributed by atoms with Gasteiger partial charge in [0, 0.05) is 12.2 Å². The maximum atomic E-state index is 12.1. The lowest BCUT2D eigenvalue weighted by molar-refractivity contribution is 0.389. The Morgan fingerprint density at radius 1 is 1.27 bits per heavy atom. The lowest BCUT2D eigenvalue weighted by Crippen LogP contribution is -2.37. The average Bonchev–Trinajstić information content (AvgIpc) is 2.86. The fraction of sp³-hybridized carbons (Fsp3) is 0.438. The first-order valence-electron chi connectivity index (χ1n) is 7.32. The molecule has 118 valence electrons. The highest BCUT2D eigenvalue weighted by Gasteiger charge is 2.51. The molecule has 2 atom stereocenters. The van der Waals surface area contributed by atoms with Crippen LogP contribution in [0.15, 0.2) is 30.9 Å². The van der Waals surface area contributed by atoms with Crippen molar-refractivity contribution in [3.63, 3.8) is 0 Å². The molecule has 0 aliphatic carbocycles. The van der Waals surface area contributed by atoms with E-state index in [0.717, 1.165) is 5.69 Å². The molecular weight excluding hydrogens is 316 g/mol. The van der Waals surface area contributed by atoms with Gasteiger partial charge in [-0.3, -0.25) is 0 Å². The standard InChI is InChI=1S/C16H20N2O2S2/c1-4-7-17-14-9-22(19,20)10-15(14)18(16(17)21)13-6-5-11(2)12(3)8-13/h4-6,8,14-15H,1,7,9-10H2,2-3H3/t14-,15-/m1/s1. The van der Waals surface area contributed by atoms with E-state index in [-0.39, 0.29) is 23.6 Å². The zero-order chi connectivity index (χ0) is 16.1. The Bertz CT molecular complexity index is 743. The van der Waals surface area contributed by atoms with Crippen LogP contribution in [-0.2, 0) is 9.84 Å². The number of benzene rings is 1. The van der Waals surface area contributed by atoms with E-state index in [1.807, 2.05) is 15.9 Å². The van der Waals surface area contributed by atoms with E-state index in [9.17, 15) is 8.42 Å². The van der Waals surface area contributed by atoms with Crippen LogP contribution in [0.4, 0.5) is 5.69 Å². The van der Waals surface area contributed by atoms with Crippen molar-refractivity contribution in [3.8, 4) is 0 Å². The fourth-order valence-electron chi connectivity index (χ4n) is 3.31. The number of aryl methyl sites for hydroxylation is 2. The Morgan fingerprint density at radius 2 is 1.95 bits per heavy atom. The van der Waals surface area contributed by atoms with E-state index in [0.29, 0.717) is 11.7 Å². The van der Waals surface area contributed by atoms with E-state index in [2.05, 4.69) is 32.6 Å². The van der Waals surface area contributed by atoms with Crippen molar-refractivity contribution in [2.45, 2.75) is 25.9 Å². The topological polar surface area (TPSA) is 40.6 Å². The first kappa shape index (κ1) is 15.5. The number of rotatable bonds is 3. The number of sulfone groups is 1.